The number of amides is 4. The first-order chi connectivity index (χ1) is 18.3. The SMILES string of the molecule is CCCCNC(=O)NS(=O)(=O)c1ccc(C)cc1.Cc1ccc(S(=O)(=O)NC(=O)NC2CCCCC2)cc1N. The van der Waals surface area contributed by atoms with Crippen LogP contribution >= 0.6 is 0 Å². The summed E-state index contributed by atoms with van der Waals surface area (Å²) in [5.74, 6) is 0. The Morgan fingerprint density at radius 3 is 2.00 bits per heavy atom. The van der Waals surface area contributed by atoms with Crippen molar-refractivity contribution in [1.82, 2.24) is 20.1 Å². The van der Waals surface area contributed by atoms with Crippen LogP contribution in [0, 0.1) is 13.8 Å². The molecule has 4 amide bonds. The second kappa shape index (κ2) is 14.7. The number of nitrogens with two attached hydrogens (primary N) is 1. The van der Waals surface area contributed by atoms with E-state index in [1.165, 1.54) is 30.7 Å². The molecule has 2 aromatic carbocycles. The van der Waals surface area contributed by atoms with Crippen LogP contribution in [0.25, 0.3) is 0 Å². The van der Waals surface area contributed by atoms with Gasteiger partial charge in [0.05, 0.1) is 9.79 Å². The average molecular weight is 582 g/mol. The number of nitrogens with one attached hydrogen (secondary N) is 4. The summed E-state index contributed by atoms with van der Waals surface area (Å²) in [6, 6.07) is 9.39. The molecule has 0 heterocycles. The van der Waals surface area contributed by atoms with Gasteiger partial charge in [0.1, 0.15) is 0 Å². The monoisotopic (exact) mass is 581 g/mol. The van der Waals surface area contributed by atoms with Crippen molar-refractivity contribution in [1.29, 1.82) is 0 Å². The van der Waals surface area contributed by atoms with Gasteiger partial charge in [0.15, 0.2) is 0 Å². The fourth-order valence-electron chi connectivity index (χ4n) is 3.74. The van der Waals surface area contributed by atoms with Crippen molar-refractivity contribution in [2.75, 3.05) is 12.3 Å². The Morgan fingerprint density at radius 2 is 1.41 bits per heavy atom. The molecular formula is C26H39N5O6S2. The smallest absolute Gasteiger partial charge is 0.328 e. The van der Waals surface area contributed by atoms with Gasteiger partial charge in [-0.05, 0) is 62.9 Å². The van der Waals surface area contributed by atoms with Crippen molar-refractivity contribution in [3.05, 3.63) is 53.6 Å². The number of unbranched alkanes of at least 4 members (excludes halogenated alkanes) is 1. The van der Waals surface area contributed by atoms with Crippen molar-refractivity contribution in [3.63, 3.8) is 0 Å². The Morgan fingerprint density at radius 1 is 0.846 bits per heavy atom. The number of aryl methyl sites for hydroxylation is 2. The van der Waals surface area contributed by atoms with Crippen LogP contribution in [0.4, 0.5) is 15.3 Å². The molecule has 11 nitrogen and oxygen atoms in total. The van der Waals surface area contributed by atoms with E-state index in [1.54, 1.807) is 25.1 Å². The fourth-order valence-corrected chi connectivity index (χ4v) is 5.62. The Labute approximate surface area is 231 Å². The molecule has 0 aliphatic heterocycles. The number of rotatable bonds is 8. The molecule has 13 heteroatoms. The van der Waals surface area contributed by atoms with Crippen LogP contribution in [0.1, 0.15) is 63.0 Å². The van der Waals surface area contributed by atoms with Crippen LogP contribution < -0.4 is 25.8 Å². The van der Waals surface area contributed by atoms with E-state index in [4.69, 9.17) is 5.73 Å². The molecule has 3 rings (SSSR count). The molecule has 216 valence electrons. The van der Waals surface area contributed by atoms with E-state index in [0.29, 0.717) is 12.2 Å². The summed E-state index contributed by atoms with van der Waals surface area (Å²) in [5.41, 5.74) is 7.84. The number of hydrogen-bond donors (Lipinski definition) is 5. The van der Waals surface area contributed by atoms with Gasteiger partial charge in [0.2, 0.25) is 0 Å². The number of benzene rings is 2. The first-order valence-corrected chi connectivity index (χ1v) is 15.9. The molecule has 6 N–H and O–H groups in total. The van der Waals surface area contributed by atoms with Gasteiger partial charge in [-0.2, -0.15) is 0 Å². The first kappa shape index (κ1) is 31.9. The van der Waals surface area contributed by atoms with Crippen LogP contribution in [0.3, 0.4) is 0 Å². The lowest BCUT2D eigenvalue weighted by molar-refractivity contribution is 0.237. The molecule has 0 atom stereocenters. The summed E-state index contributed by atoms with van der Waals surface area (Å²) in [4.78, 5) is 23.3. The first-order valence-electron chi connectivity index (χ1n) is 12.9. The molecule has 1 aliphatic rings. The van der Waals surface area contributed by atoms with Gasteiger partial charge >= 0.3 is 12.1 Å². The van der Waals surface area contributed by atoms with E-state index in [9.17, 15) is 26.4 Å². The number of carbonyl (C=O) groups excluding carboxylic acids is 2. The van der Waals surface area contributed by atoms with Crippen molar-refractivity contribution >= 4 is 37.8 Å². The number of sulfonamides is 2. The third-order valence-corrected chi connectivity index (χ3v) is 8.78. The number of nitrogen functional groups attached to an aromatic ring is 1. The van der Waals surface area contributed by atoms with Gasteiger partial charge in [-0.1, -0.05) is 56.4 Å². The molecule has 0 spiro atoms. The molecule has 0 unspecified atom stereocenters. The molecule has 0 aromatic heterocycles. The van der Waals surface area contributed by atoms with Crippen LogP contribution in [0.15, 0.2) is 52.3 Å². The molecule has 1 fully saturated rings. The minimum Gasteiger partial charge on any atom is -0.398 e. The summed E-state index contributed by atoms with van der Waals surface area (Å²) in [7, 11) is -7.67. The maximum Gasteiger partial charge on any atom is 0.328 e. The summed E-state index contributed by atoms with van der Waals surface area (Å²) in [5, 5.41) is 5.20. The highest BCUT2D eigenvalue weighted by molar-refractivity contribution is 7.90. The second-order valence-electron chi connectivity index (χ2n) is 9.46. The van der Waals surface area contributed by atoms with Crippen LogP contribution in [0.2, 0.25) is 0 Å². The van der Waals surface area contributed by atoms with E-state index >= 15 is 0 Å². The Hall–Kier alpha value is -3.32. The van der Waals surface area contributed by atoms with E-state index in [0.717, 1.165) is 49.7 Å². The maximum absolute atomic E-state index is 12.1. The highest BCUT2D eigenvalue weighted by Crippen LogP contribution is 2.19. The van der Waals surface area contributed by atoms with E-state index in [1.807, 2.05) is 23.3 Å². The quantitative estimate of drug-likeness (QED) is 0.233. The molecule has 0 saturated heterocycles. The lowest BCUT2D eigenvalue weighted by Gasteiger charge is -2.22. The molecule has 0 radical (unpaired) electrons. The minimum atomic E-state index is -3.89. The van der Waals surface area contributed by atoms with Crippen molar-refractivity contribution in [2.45, 2.75) is 81.5 Å². The summed E-state index contributed by atoms with van der Waals surface area (Å²) in [6.45, 7) is 6.10. The van der Waals surface area contributed by atoms with Crippen molar-refractivity contribution in [2.24, 2.45) is 0 Å². The van der Waals surface area contributed by atoms with Crippen molar-refractivity contribution in [3.8, 4) is 0 Å². The number of urea groups is 2. The average Bonchev–Trinajstić information content (AvgIpc) is 2.86. The molecule has 1 aliphatic carbocycles. The molecule has 1 saturated carbocycles. The van der Waals surface area contributed by atoms with E-state index < -0.39 is 32.1 Å². The van der Waals surface area contributed by atoms with Gasteiger partial charge < -0.3 is 16.4 Å². The zero-order valence-electron chi connectivity index (χ0n) is 22.6. The third-order valence-electron chi connectivity index (χ3n) is 6.10. The highest BCUT2D eigenvalue weighted by atomic mass is 32.2. The molecule has 0 bridgehead atoms. The van der Waals surface area contributed by atoms with Gasteiger partial charge in [-0.3, -0.25) is 0 Å². The largest absolute Gasteiger partial charge is 0.398 e. The number of hydrogen-bond acceptors (Lipinski definition) is 7. The van der Waals surface area contributed by atoms with E-state index in [2.05, 4.69) is 10.6 Å². The predicted octanol–water partition coefficient (Wildman–Crippen LogP) is 3.68. The minimum absolute atomic E-state index is 0.00982. The molecular weight excluding hydrogens is 542 g/mol. The third kappa shape index (κ3) is 10.8. The molecule has 39 heavy (non-hydrogen) atoms. The number of anilines is 1. The van der Waals surface area contributed by atoms with E-state index in [-0.39, 0.29) is 15.8 Å². The van der Waals surface area contributed by atoms with Crippen LogP contribution in [0.5, 0.6) is 0 Å². The highest BCUT2D eigenvalue weighted by Gasteiger charge is 2.21. The van der Waals surface area contributed by atoms with Gasteiger partial charge in [-0.15, -0.1) is 0 Å². The number of carbonyl (C=O) groups is 2. The van der Waals surface area contributed by atoms with Gasteiger partial charge in [-0.25, -0.2) is 35.9 Å². The predicted molar refractivity (Wildman–Crippen MR) is 151 cm³/mol. The molecule has 2 aromatic rings. The summed E-state index contributed by atoms with van der Waals surface area (Å²) in [6.07, 6.45) is 6.83. The van der Waals surface area contributed by atoms with Crippen LogP contribution in [-0.2, 0) is 20.0 Å². The van der Waals surface area contributed by atoms with Gasteiger partial charge in [0.25, 0.3) is 20.0 Å². The zero-order chi connectivity index (χ0) is 29.1. The topological polar surface area (TPSA) is 177 Å². The Balaban J connectivity index is 0.000000277. The lowest BCUT2D eigenvalue weighted by atomic mass is 9.96. The van der Waals surface area contributed by atoms with Crippen molar-refractivity contribution < 1.29 is 26.4 Å². The standard InChI is InChI=1S/C14H21N3O3S.C12H18N2O3S/c1-10-7-8-12(9-13(10)15)21(19,20)17-14(18)16-11-5-3-2-4-6-11;1-3-4-9-13-12(15)14-18(16,17)11-7-5-10(2)6-8-11/h7-9,11H,2-6,15H2,1H3,(H2,16,17,18);5-8H,3-4,9H2,1-2H3,(H2,13,14,15). The zero-order valence-corrected chi connectivity index (χ0v) is 24.3. The summed E-state index contributed by atoms with van der Waals surface area (Å²) >= 11 is 0. The Kier molecular flexibility index (Phi) is 12.0. The van der Waals surface area contributed by atoms with Crippen LogP contribution in [-0.4, -0.2) is 41.5 Å². The second-order valence-corrected chi connectivity index (χ2v) is 12.8. The normalized spacial score (nSPS) is 13.9. The summed E-state index contributed by atoms with van der Waals surface area (Å²) < 4.78 is 51.9. The lowest BCUT2D eigenvalue weighted by Crippen LogP contribution is -2.45. The fraction of sp³-hybridized carbons (Fsp3) is 0.462. The van der Waals surface area contributed by atoms with Gasteiger partial charge in [0, 0.05) is 18.3 Å². The maximum atomic E-state index is 12.1. The Bertz CT molecular complexity index is 1320.